The molecule has 0 saturated heterocycles. The topological polar surface area (TPSA) is 92.5 Å². The van der Waals surface area contributed by atoms with E-state index in [-0.39, 0.29) is 30.2 Å². The minimum Gasteiger partial charge on any atom is -0.345 e. The molecule has 0 bridgehead atoms. The van der Waals surface area contributed by atoms with Crippen molar-refractivity contribution < 1.29 is 9.59 Å². The van der Waals surface area contributed by atoms with Crippen LogP contribution in [0, 0.1) is 6.92 Å². The Balaban J connectivity index is 1.22. The molecule has 3 aromatic carbocycles. The number of hydrazone groups is 1. The summed E-state index contributed by atoms with van der Waals surface area (Å²) in [6.45, 7) is 2.23. The first kappa shape index (κ1) is 27.6. The zero-order valence-electron chi connectivity index (χ0n) is 22.9. The number of para-hydroxylation sites is 1. The number of amides is 2. The molecule has 1 aliphatic rings. The molecule has 0 saturated carbocycles. The van der Waals surface area contributed by atoms with Gasteiger partial charge in [-0.15, -0.1) is 21.5 Å². The van der Waals surface area contributed by atoms with Crippen LogP contribution in [0.2, 0.25) is 0 Å². The summed E-state index contributed by atoms with van der Waals surface area (Å²) in [4.78, 5) is 27.4. The molecule has 1 unspecified atom stereocenters. The van der Waals surface area contributed by atoms with E-state index in [1.807, 2.05) is 70.6 Å². The lowest BCUT2D eigenvalue weighted by molar-refractivity contribution is -0.130. The molecule has 2 aromatic heterocycles. The van der Waals surface area contributed by atoms with Crippen LogP contribution >= 0.6 is 23.1 Å². The van der Waals surface area contributed by atoms with Gasteiger partial charge >= 0.3 is 0 Å². The van der Waals surface area contributed by atoms with Gasteiger partial charge in [-0.05, 0) is 48.2 Å². The van der Waals surface area contributed by atoms with Crippen molar-refractivity contribution in [1.82, 2.24) is 25.1 Å². The number of hydrogen-bond donors (Lipinski definition) is 1. The Labute approximate surface area is 252 Å². The third kappa shape index (κ3) is 6.05. The average Bonchev–Trinajstić information content (AvgIpc) is 3.80. The van der Waals surface area contributed by atoms with E-state index in [4.69, 9.17) is 5.10 Å². The number of benzene rings is 3. The van der Waals surface area contributed by atoms with Crippen LogP contribution in [0.4, 0.5) is 0 Å². The Morgan fingerprint density at radius 3 is 2.38 bits per heavy atom. The summed E-state index contributed by atoms with van der Waals surface area (Å²) in [6, 6.07) is 30.9. The van der Waals surface area contributed by atoms with E-state index in [1.54, 1.807) is 28.5 Å². The van der Waals surface area contributed by atoms with Crippen LogP contribution in [0.5, 0.6) is 0 Å². The number of nitrogens with one attached hydrogen (secondary N) is 1. The maximum Gasteiger partial charge on any atom is 0.253 e. The van der Waals surface area contributed by atoms with Gasteiger partial charge in [0, 0.05) is 17.7 Å². The Morgan fingerprint density at radius 1 is 0.929 bits per heavy atom. The Morgan fingerprint density at radius 2 is 1.67 bits per heavy atom. The Hall–Kier alpha value is -4.54. The number of thioether (sulfide) groups is 1. The lowest BCUT2D eigenvalue weighted by Gasteiger charge is -2.22. The third-order valence-electron chi connectivity index (χ3n) is 6.92. The van der Waals surface area contributed by atoms with E-state index in [0.717, 1.165) is 21.8 Å². The van der Waals surface area contributed by atoms with Gasteiger partial charge in [0.1, 0.15) is 0 Å². The Bertz CT molecular complexity index is 1700. The van der Waals surface area contributed by atoms with Gasteiger partial charge in [0.05, 0.1) is 28.9 Å². The zero-order valence-corrected chi connectivity index (χ0v) is 24.5. The van der Waals surface area contributed by atoms with E-state index >= 15 is 0 Å². The molecular formula is C32H28N6O2S2. The van der Waals surface area contributed by atoms with Crippen LogP contribution in [0.25, 0.3) is 5.69 Å². The number of hydrogen-bond acceptors (Lipinski definition) is 7. The number of carbonyl (C=O) groups is 2. The molecule has 0 spiro atoms. The van der Waals surface area contributed by atoms with Crippen molar-refractivity contribution in [3.8, 4) is 5.69 Å². The molecule has 42 heavy (non-hydrogen) atoms. The second-order valence-electron chi connectivity index (χ2n) is 9.80. The van der Waals surface area contributed by atoms with Gasteiger partial charge < -0.3 is 5.32 Å². The largest absolute Gasteiger partial charge is 0.345 e. The molecule has 3 heterocycles. The van der Waals surface area contributed by atoms with Crippen LogP contribution < -0.4 is 5.32 Å². The fourth-order valence-corrected chi connectivity index (χ4v) is 6.31. The van der Waals surface area contributed by atoms with E-state index < -0.39 is 0 Å². The average molecular weight is 593 g/mol. The van der Waals surface area contributed by atoms with Crippen molar-refractivity contribution in [1.29, 1.82) is 0 Å². The molecule has 0 radical (unpaired) electrons. The molecule has 1 atom stereocenters. The first-order valence-corrected chi connectivity index (χ1v) is 15.4. The first-order chi connectivity index (χ1) is 20.6. The molecule has 2 amide bonds. The zero-order chi connectivity index (χ0) is 28.9. The highest BCUT2D eigenvalue weighted by Gasteiger charge is 2.33. The number of rotatable bonds is 9. The molecule has 8 nitrogen and oxygen atoms in total. The molecule has 6 rings (SSSR count). The van der Waals surface area contributed by atoms with Gasteiger partial charge in [-0.2, -0.15) is 5.10 Å². The Kier molecular flexibility index (Phi) is 8.25. The van der Waals surface area contributed by atoms with Gasteiger partial charge in [-0.1, -0.05) is 84.1 Å². The smallest absolute Gasteiger partial charge is 0.253 e. The predicted molar refractivity (Wildman–Crippen MR) is 166 cm³/mol. The molecule has 10 heteroatoms. The molecule has 1 N–H and O–H groups in total. The molecule has 1 aliphatic heterocycles. The minimum atomic E-state index is -0.196. The van der Waals surface area contributed by atoms with Crippen molar-refractivity contribution in [2.45, 2.75) is 31.1 Å². The fraction of sp³-hybridized carbons (Fsp3) is 0.156. The van der Waals surface area contributed by atoms with E-state index in [0.29, 0.717) is 23.0 Å². The standard InChI is InChI=1S/C32H28N6O2S2/c1-22-14-16-23(17-15-22)27-19-26(28-13-8-18-41-28)36-38(27)30(39)21-42-32-35-34-29(37(32)25-11-6-3-7-12-25)20-33-31(40)24-9-4-2-5-10-24/h2-18,27H,19-21H2,1H3,(H,33,40). The summed E-state index contributed by atoms with van der Waals surface area (Å²) in [5, 5.41) is 20.7. The van der Waals surface area contributed by atoms with Gasteiger partial charge in [-0.3, -0.25) is 14.2 Å². The van der Waals surface area contributed by atoms with Crippen molar-refractivity contribution in [2.24, 2.45) is 5.10 Å². The number of aromatic nitrogens is 3. The summed E-state index contributed by atoms with van der Waals surface area (Å²) < 4.78 is 1.88. The highest BCUT2D eigenvalue weighted by Crippen LogP contribution is 2.35. The summed E-state index contributed by atoms with van der Waals surface area (Å²) in [7, 11) is 0. The van der Waals surface area contributed by atoms with Crippen molar-refractivity contribution in [3.05, 3.63) is 130 Å². The van der Waals surface area contributed by atoms with Crippen LogP contribution in [0.1, 0.15) is 44.6 Å². The summed E-state index contributed by atoms with van der Waals surface area (Å²) >= 11 is 2.93. The van der Waals surface area contributed by atoms with E-state index in [2.05, 4.69) is 46.7 Å². The second kappa shape index (κ2) is 12.5. The van der Waals surface area contributed by atoms with Gasteiger partial charge in [0.15, 0.2) is 11.0 Å². The summed E-state index contributed by atoms with van der Waals surface area (Å²) in [5.41, 5.74) is 4.55. The summed E-state index contributed by atoms with van der Waals surface area (Å²) in [6.07, 6.45) is 0.658. The number of nitrogens with zero attached hydrogens (tertiary/aromatic N) is 5. The molecule has 5 aromatic rings. The predicted octanol–water partition coefficient (Wildman–Crippen LogP) is 6.04. The number of aryl methyl sites for hydroxylation is 1. The summed E-state index contributed by atoms with van der Waals surface area (Å²) in [5.74, 6) is 0.388. The van der Waals surface area contributed by atoms with Crippen molar-refractivity contribution in [2.75, 3.05) is 5.75 Å². The number of carbonyl (C=O) groups excluding carboxylic acids is 2. The highest BCUT2D eigenvalue weighted by molar-refractivity contribution is 7.99. The molecular weight excluding hydrogens is 565 g/mol. The monoisotopic (exact) mass is 592 g/mol. The van der Waals surface area contributed by atoms with E-state index in [9.17, 15) is 9.59 Å². The first-order valence-electron chi connectivity index (χ1n) is 13.5. The van der Waals surface area contributed by atoms with Gasteiger partial charge in [-0.25, -0.2) is 5.01 Å². The highest BCUT2D eigenvalue weighted by atomic mass is 32.2. The molecule has 0 fully saturated rings. The third-order valence-corrected chi connectivity index (χ3v) is 8.75. The lowest BCUT2D eigenvalue weighted by Crippen LogP contribution is -2.28. The van der Waals surface area contributed by atoms with Gasteiger partial charge in [0.25, 0.3) is 11.8 Å². The minimum absolute atomic E-state index is 0.112. The maximum atomic E-state index is 13.7. The maximum absolute atomic E-state index is 13.7. The van der Waals surface area contributed by atoms with Crippen LogP contribution in [0.15, 0.2) is 113 Å². The SMILES string of the molecule is Cc1ccc(C2CC(c3cccs3)=NN2C(=O)CSc2nnc(CNC(=O)c3ccccc3)n2-c2ccccc2)cc1. The fourth-order valence-electron chi connectivity index (χ4n) is 4.77. The second-order valence-corrected chi connectivity index (χ2v) is 11.7. The van der Waals surface area contributed by atoms with Gasteiger partial charge in [0.2, 0.25) is 0 Å². The van der Waals surface area contributed by atoms with Crippen molar-refractivity contribution >= 4 is 40.6 Å². The van der Waals surface area contributed by atoms with E-state index in [1.165, 1.54) is 17.3 Å². The van der Waals surface area contributed by atoms with Crippen molar-refractivity contribution in [3.63, 3.8) is 0 Å². The lowest BCUT2D eigenvalue weighted by atomic mass is 10.00. The van der Waals surface area contributed by atoms with Crippen LogP contribution in [0.3, 0.4) is 0 Å². The quantitative estimate of drug-likeness (QED) is 0.211. The molecule has 210 valence electrons. The van der Waals surface area contributed by atoms with Crippen LogP contribution in [-0.2, 0) is 11.3 Å². The normalized spacial score (nSPS) is 14.5. The number of thiophene rings is 1. The molecule has 0 aliphatic carbocycles. The van der Waals surface area contributed by atoms with Crippen LogP contribution in [-0.4, -0.2) is 43.1 Å².